The normalized spacial score (nSPS) is 42.1. The minimum Gasteiger partial charge on any atom is -0.481 e. The summed E-state index contributed by atoms with van der Waals surface area (Å²) in [6.45, 7) is 13.1. The summed E-state index contributed by atoms with van der Waals surface area (Å²) in [6, 6.07) is 0. The van der Waals surface area contributed by atoms with E-state index in [2.05, 4.69) is 6.92 Å². The lowest BCUT2D eigenvalue weighted by molar-refractivity contribution is -0.143. The summed E-state index contributed by atoms with van der Waals surface area (Å²) in [7, 11) is 0. The molecule has 8 atom stereocenters. The van der Waals surface area contributed by atoms with Crippen molar-refractivity contribution in [1.82, 2.24) is 0 Å². The van der Waals surface area contributed by atoms with E-state index in [-0.39, 0.29) is 48.4 Å². The molecule has 7 nitrogen and oxygen atoms in total. The summed E-state index contributed by atoms with van der Waals surface area (Å²) in [6.07, 6.45) is 1.71. The number of aliphatic carboxylic acids is 1. The first-order valence-corrected chi connectivity index (χ1v) is 13.5. The molecule has 0 heterocycles. The standard InChI is InChI=1S/C30H42O7/c1-15(10-17(31)11-16(2)26(36)37)18-12-23(35)30(7)25-19(32)13-21-27(3,4)22(34)8-9-28(21,5)24(25)20(33)14-29(18,30)6/h10,16,18-19,21-22,32,34H,8-9,11-14H2,1-7H3,(H,36,37)/b15-10+/t16?,18-,19-,21?,22-,28-,29+,30-/m0/s1. The summed E-state index contributed by atoms with van der Waals surface area (Å²) < 4.78 is 0. The van der Waals surface area contributed by atoms with Gasteiger partial charge in [-0.25, -0.2) is 0 Å². The SMILES string of the molecule is C/C(=C\C(=O)CC(C)C(=O)O)[C@@H]1CC(=O)[C@@]2(C)C3=C(C(=O)C[C@]12C)[C@@]1(C)CC[C@H](O)C(C)(C)C1C[C@@H]3O. The molecule has 0 saturated heterocycles. The first-order chi connectivity index (χ1) is 16.9. The van der Waals surface area contributed by atoms with Crippen LogP contribution in [0.5, 0.6) is 0 Å². The highest BCUT2D eigenvalue weighted by molar-refractivity contribution is 6.05. The van der Waals surface area contributed by atoms with Gasteiger partial charge in [0.25, 0.3) is 0 Å². The Morgan fingerprint density at radius 3 is 2.32 bits per heavy atom. The first kappa shape index (κ1) is 27.9. The molecule has 2 unspecified atom stereocenters. The highest BCUT2D eigenvalue weighted by atomic mass is 16.4. The predicted octanol–water partition coefficient (Wildman–Crippen LogP) is 4.05. The van der Waals surface area contributed by atoms with Crippen LogP contribution in [0.1, 0.15) is 87.0 Å². The zero-order valence-corrected chi connectivity index (χ0v) is 23.2. The molecule has 0 aromatic carbocycles. The molecule has 0 aromatic heterocycles. The van der Waals surface area contributed by atoms with Gasteiger partial charge in [0.1, 0.15) is 5.78 Å². The average Bonchev–Trinajstić information content (AvgIpc) is 2.99. The van der Waals surface area contributed by atoms with Crippen LogP contribution >= 0.6 is 0 Å². The second kappa shape index (κ2) is 8.70. The smallest absolute Gasteiger partial charge is 0.306 e. The van der Waals surface area contributed by atoms with Crippen molar-refractivity contribution in [1.29, 1.82) is 0 Å². The summed E-state index contributed by atoms with van der Waals surface area (Å²) in [5.74, 6) is -2.71. The highest BCUT2D eigenvalue weighted by Crippen LogP contribution is 2.70. The second-order valence-electron chi connectivity index (χ2n) is 13.5. The van der Waals surface area contributed by atoms with Gasteiger partial charge >= 0.3 is 5.97 Å². The van der Waals surface area contributed by atoms with Crippen LogP contribution in [0.2, 0.25) is 0 Å². The van der Waals surface area contributed by atoms with Crippen LogP contribution in [0.4, 0.5) is 0 Å². The minimum atomic E-state index is -1.05. The molecule has 3 N–H and O–H groups in total. The number of rotatable bonds is 5. The van der Waals surface area contributed by atoms with Crippen LogP contribution < -0.4 is 0 Å². The number of Topliss-reactive ketones (excluding diaryl/α,β-unsaturated/α-hetero) is 2. The van der Waals surface area contributed by atoms with E-state index in [1.807, 2.05) is 27.7 Å². The van der Waals surface area contributed by atoms with Crippen molar-refractivity contribution in [2.75, 3.05) is 0 Å². The number of hydrogen-bond acceptors (Lipinski definition) is 6. The maximum atomic E-state index is 14.0. The highest BCUT2D eigenvalue weighted by Gasteiger charge is 2.69. The number of carboxylic acids is 1. The number of carbonyl (C=O) groups is 4. The lowest BCUT2D eigenvalue weighted by atomic mass is 9.42. The van der Waals surface area contributed by atoms with Crippen LogP contribution in [0.3, 0.4) is 0 Å². The molecule has 0 amide bonds. The van der Waals surface area contributed by atoms with Gasteiger partial charge in [0.05, 0.1) is 23.5 Å². The Bertz CT molecular complexity index is 1130. The van der Waals surface area contributed by atoms with Gasteiger partial charge in [0.2, 0.25) is 0 Å². The fourth-order valence-corrected chi connectivity index (χ4v) is 8.69. The van der Waals surface area contributed by atoms with E-state index < -0.39 is 45.8 Å². The van der Waals surface area contributed by atoms with E-state index in [0.717, 1.165) is 0 Å². The van der Waals surface area contributed by atoms with E-state index >= 15 is 0 Å². The second-order valence-corrected chi connectivity index (χ2v) is 13.5. The number of hydrogen-bond donors (Lipinski definition) is 3. The van der Waals surface area contributed by atoms with Gasteiger partial charge < -0.3 is 15.3 Å². The Kier molecular flexibility index (Phi) is 6.56. The molecule has 0 bridgehead atoms. The zero-order valence-electron chi connectivity index (χ0n) is 23.2. The molecule has 204 valence electrons. The molecule has 7 heteroatoms. The fraction of sp³-hybridized carbons (Fsp3) is 0.733. The molecule has 4 aliphatic carbocycles. The Morgan fingerprint density at radius 1 is 1.11 bits per heavy atom. The van der Waals surface area contributed by atoms with Crippen molar-refractivity contribution in [3.63, 3.8) is 0 Å². The van der Waals surface area contributed by atoms with Crippen LogP contribution in [-0.4, -0.2) is 50.8 Å². The maximum absolute atomic E-state index is 14.0. The van der Waals surface area contributed by atoms with Gasteiger partial charge in [0, 0.05) is 24.8 Å². The molecule has 37 heavy (non-hydrogen) atoms. The van der Waals surface area contributed by atoms with Crippen molar-refractivity contribution in [2.45, 2.75) is 99.2 Å². The van der Waals surface area contributed by atoms with Gasteiger partial charge in [-0.05, 0) is 72.8 Å². The van der Waals surface area contributed by atoms with E-state index in [1.165, 1.54) is 13.0 Å². The van der Waals surface area contributed by atoms with Crippen molar-refractivity contribution in [3.05, 3.63) is 22.8 Å². The number of aliphatic hydroxyl groups excluding tert-OH is 2. The molecule has 2 fully saturated rings. The third-order valence-corrected chi connectivity index (χ3v) is 11.2. The van der Waals surface area contributed by atoms with Crippen molar-refractivity contribution < 1.29 is 34.5 Å². The third kappa shape index (κ3) is 3.75. The lowest BCUT2D eigenvalue weighted by Crippen LogP contribution is -2.60. The number of carboxylic acid groups (broad SMARTS) is 1. The minimum absolute atomic E-state index is 0.0321. The average molecular weight is 515 g/mol. The fourth-order valence-electron chi connectivity index (χ4n) is 8.69. The van der Waals surface area contributed by atoms with Gasteiger partial charge in [-0.1, -0.05) is 40.2 Å². The van der Waals surface area contributed by atoms with E-state index in [0.29, 0.717) is 36.0 Å². The summed E-state index contributed by atoms with van der Waals surface area (Å²) in [5, 5.41) is 31.5. The molecule has 2 saturated carbocycles. The van der Waals surface area contributed by atoms with Crippen LogP contribution in [0.15, 0.2) is 22.8 Å². The number of carbonyl (C=O) groups excluding carboxylic acids is 3. The van der Waals surface area contributed by atoms with Gasteiger partial charge in [-0.2, -0.15) is 0 Å². The predicted molar refractivity (Wildman–Crippen MR) is 137 cm³/mol. The molecule has 0 aliphatic heterocycles. The first-order valence-electron chi connectivity index (χ1n) is 13.5. The van der Waals surface area contributed by atoms with Crippen molar-refractivity contribution in [2.24, 2.45) is 39.4 Å². The molecule has 0 spiro atoms. The lowest BCUT2D eigenvalue weighted by Gasteiger charge is -2.61. The number of allylic oxidation sites excluding steroid dienone is 3. The Labute approximate surface area is 219 Å². The monoisotopic (exact) mass is 514 g/mol. The Hall–Kier alpha value is -2.12. The number of ketones is 3. The quantitative estimate of drug-likeness (QED) is 0.472. The van der Waals surface area contributed by atoms with E-state index in [9.17, 15) is 29.4 Å². The zero-order chi connectivity index (χ0) is 27.9. The molecule has 4 rings (SSSR count). The molecule has 4 aliphatic rings. The summed E-state index contributed by atoms with van der Waals surface area (Å²) >= 11 is 0. The number of fused-ring (bicyclic) bond motifs is 4. The third-order valence-electron chi connectivity index (χ3n) is 11.2. The Balaban J connectivity index is 1.80. The van der Waals surface area contributed by atoms with Crippen molar-refractivity contribution >= 4 is 23.3 Å². The molecular weight excluding hydrogens is 472 g/mol. The maximum Gasteiger partial charge on any atom is 0.306 e. The van der Waals surface area contributed by atoms with Crippen LogP contribution in [0, 0.1) is 39.4 Å². The van der Waals surface area contributed by atoms with Crippen molar-refractivity contribution in [3.8, 4) is 0 Å². The van der Waals surface area contributed by atoms with Crippen LogP contribution in [0.25, 0.3) is 0 Å². The van der Waals surface area contributed by atoms with Gasteiger partial charge in [0.15, 0.2) is 11.6 Å². The van der Waals surface area contributed by atoms with Crippen LogP contribution in [-0.2, 0) is 19.2 Å². The molecular formula is C30H42O7. The van der Waals surface area contributed by atoms with E-state index in [4.69, 9.17) is 5.11 Å². The van der Waals surface area contributed by atoms with Gasteiger partial charge in [-0.3, -0.25) is 19.2 Å². The number of aliphatic hydroxyl groups is 2. The van der Waals surface area contributed by atoms with Gasteiger partial charge in [-0.15, -0.1) is 0 Å². The summed E-state index contributed by atoms with van der Waals surface area (Å²) in [5.41, 5.74) is -1.06. The largest absolute Gasteiger partial charge is 0.481 e. The molecule has 0 aromatic rings. The topological polar surface area (TPSA) is 129 Å². The summed E-state index contributed by atoms with van der Waals surface area (Å²) in [4.78, 5) is 51.7. The molecule has 0 radical (unpaired) electrons. The Morgan fingerprint density at radius 2 is 1.73 bits per heavy atom. The van der Waals surface area contributed by atoms with E-state index in [1.54, 1.807) is 6.92 Å².